The SMILES string of the molecule is CN1CCN=C1c1ccc(CN2CCN(C(=O)COc3ccc(Cl)cc3)CC2=O)cc1. The van der Waals surface area contributed by atoms with Gasteiger partial charge in [-0.3, -0.25) is 14.6 Å². The number of aliphatic imine (C=N–C) groups is 1. The normalized spacial score (nSPS) is 16.5. The lowest BCUT2D eigenvalue weighted by atomic mass is 10.1. The molecule has 0 N–H and O–H groups in total. The van der Waals surface area contributed by atoms with Crippen LogP contribution >= 0.6 is 11.6 Å². The topological polar surface area (TPSA) is 65.4 Å². The van der Waals surface area contributed by atoms with Crippen molar-refractivity contribution in [1.82, 2.24) is 14.7 Å². The molecule has 2 aromatic carbocycles. The largest absolute Gasteiger partial charge is 0.484 e. The molecule has 4 rings (SSSR count). The van der Waals surface area contributed by atoms with Crippen LogP contribution in [0.2, 0.25) is 5.02 Å². The van der Waals surface area contributed by atoms with Crippen LogP contribution in [0, 0.1) is 0 Å². The van der Waals surface area contributed by atoms with E-state index in [0.29, 0.717) is 30.4 Å². The van der Waals surface area contributed by atoms with Gasteiger partial charge in [-0.1, -0.05) is 35.9 Å². The molecule has 8 heteroatoms. The summed E-state index contributed by atoms with van der Waals surface area (Å²) in [5.74, 6) is 1.32. The number of hydrogen-bond donors (Lipinski definition) is 0. The lowest BCUT2D eigenvalue weighted by Crippen LogP contribution is -2.52. The van der Waals surface area contributed by atoms with Crippen molar-refractivity contribution >= 4 is 29.3 Å². The highest BCUT2D eigenvalue weighted by molar-refractivity contribution is 6.30. The number of amidine groups is 1. The molecule has 0 radical (unpaired) electrons. The Morgan fingerprint density at radius 3 is 2.45 bits per heavy atom. The third kappa shape index (κ3) is 5.17. The van der Waals surface area contributed by atoms with Crippen LogP contribution in [0.5, 0.6) is 5.75 Å². The molecule has 0 bridgehead atoms. The summed E-state index contributed by atoms with van der Waals surface area (Å²) in [5.41, 5.74) is 2.15. The second kappa shape index (κ2) is 9.39. The average Bonchev–Trinajstić information content (AvgIpc) is 3.21. The minimum atomic E-state index is -0.200. The zero-order valence-corrected chi connectivity index (χ0v) is 18.2. The van der Waals surface area contributed by atoms with Gasteiger partial charge in [-0.25, -0.2) is 0 Å². The third-order valence-corrected chi connectivity index (χ3v) is 5.74. The predicted octanol–water partition coefficient (Wildman–Crippen LogP) is 2.28. The first kappa shape index (κ1) is 21.2. The molecule has 0 atom stereocenters. The summed E-state index contributed by atoms with van der Waals surface area (Å²) in [6.07, 6.45) is 0. The minimum Gasteiger partial charge on any atom is -0.484 e. The lowest BCUT2D eigenvalue weighted by molar-refractivity contribution is -0.146. The highest BCUT2D eigenvalue weighted by Gasteiger charge is 2.27. The maximum atomic E-state index is 12.6. The fourth-order valence-electron chi connectivity index (χ4n) is 3.68. The molecule has 0 aliphatic carbocycles. The Morgan fingerprint density at radius 1 is 1.06 bits per heavy atom. The van der Waals surface area contributed by atoms with Crippen molar-refractivity contribution < 1.29 is 14.3 Å². The molecule has 2 aliphatic heterocycles. The highest BCUT2D eigenvalue weighted by Crippen LogP contribution is 2.17. The summed E-state index contributed by atoms with van der Waals surface area (Å²) in [6.45, 7) is 3.27. The van der Waals surface area contributed by atoms with Crippen molar-refractivity contribution in [3.8, 4) is 5.75 Å². The molecule has 1 saturated heterocycles. The van der Waals surface area contributed by atoms with Crippen molar-refractivity contribution in [2.75, 3.05) is 46.4 Å². The number of likely N-dealkylation sites (N-methyl/N-ethyl adjacent to an activating group) is 1. The van der Waals surface area contributed by atoms with Gasteiger partial charge >= 0.3 is 0 Å². The Bertz CT molecular complexity index is 975. The summed E-state index contributed by atoms with van der Waals surface area (Å²) in [6, 6.07) is 15.0. The summed E-state index contributed by atoms with van der Waals surface area (Å²) >= 11 is 5.85. The molecule has 2 heterocycles. The first-order valence-corrected chi connectivity index (χ1v) is 10.7. The van der Waals surface area contributed by atoms with Crippen molar-refractivity contribution in [1.29, 1.82) is 0 Å². The molecule has 0 unspecified atom stereocenters. The van der Waals surface area contributed by atoms with E-state index in [4.69, 9.17) is 16.3 Å². The monoisotopic (exact) mass is 440 g/mol. The van der Waals surface area contributed by atoms with Gasteiger partial charge in [0.1, 0.15) is 11.6 Å². The smallest absolute Gasteiger partial charge is 0.261 e. The molecule has 162 valence electrons. The van der Waals surface area contributed by atoms with Crippen LogP contribution in [-0.4, -0.2) is 78.7 Å². The Morgan fingerprint density at radius 2 is 1.81 bits per heavy atom. The van der Waals surface area contributed by atoms with Gasteiger partial charge in [-0.05, 0) is 29.8 Å². The number of halogens is 1. The van der Waals surface area contributed by atoms with E-state index in [0.717, 1.165) is 30.1 Å². The predicted molar refractivity (Wildman–Crippen MR) is 119 cm³/mol. The van der Waals surface area contributed by atoms with Gasteiger partial charge in [0.15, 0.2) is 6.61 Å². The number of carbonyl (C=O) groups excluding carboxylic acids is 2. The van der Waals surface area contributed by atoms with E-state index in [2.05, 4.69) is 9.89 Å². The summed E-state index contributed by atoms with van der Waals surface area (Å²) in [4.78, 5) is 35.0. The number of amides is 2. The number of hydrogen-bond acceptors (Lipinski definition) is 5. The first-order chi connectivity index (χ1) is 15.0. The average molecular weight is 441 g/mol. The van der Waals surface area contributed by atoms with Crippen molar-refractivity contribution in [3.63, 3.8) is 0 Å². The number of benzene rings is 2. The van der Waals surface area contributed by atoms with Gasteiger partial charge in [0, 0.05) is 43.8 Å². The Labute approximate surface area is 186 Å². The molecule has 2 amide bonds. The molecule has 7 nitrogen and oxygen atoms in total. The Hall–Kier alpha value is -3.06. The van der Waals surface area contributed by atoms with E-state index in [-0.39, 0.29) is 25.0 Å². The van der Waals surface area contributed by atoms with E-state index < -0.39 is 0 Å². The van der Waals surface area contributed by atoms with E-state index in [1.165, 1.54) is 0 Å². The summed E-state index contributed by atoms with van der Waals surface area (Å²) < 4.78 is 5.51. The number of carbonyl (C=O) groups is 2. The van der Waals surface area contributed by atoms with Crippen LogP contribution in [0.25, 0.3) is 0 Å². The molecule has 2 aliphatic rings. The zero-order chi connectivity index (χ0) is 21.8. The fraction of sp³-hybridized carbons (Fsp3) is 0.348. The van der Waals surface area contributed by atoms with E-state index in [9.17, 15) is 9.59 Å². The summed E-state index contributed by atoms with van der Waals surface area (Å²) in [5, 5.41) is 0.606. The van der Waals surface area contributed by atoms with Crippen LogP contribution < -0.4 is 4.74 Å². The first-order valence-electron chi connectivity index (χ1n) is 10.3. The molecule has 0 saturated carbocycles. The van der Waals surface area contributed by atoms with Crippen LogP contribution in [0.4, 0.5) is 0 Å². The second-order valence-electron chi connectivity index (χ2n) is 7.70. The number of piperazine rings is 1. The van der Waals surface area contributed by atoms with Gasteiger partial charge in [-0.2, -0.15) is 0 Å². The second-order valence-corrected chi connectivity index (χ2v) is 8.13. The molecule has 1 fully saturated rings. The molecule has 31 heavy (non-hydrogen) atoms. The fourth-order valence-corrected chi connectivity index (χ4v) is 3.81. The number of nitrogens with zero attached hydrogens (tertiary/aromatic N) is 4. The molecular formula is C23H25ClN4O3. The van der Waals surface area contributed by atoms with Crippen molar-refractivity contribution in [2.24, 2.45) is 4.99 Å². The Kier molecular flexibility index (Phi) is 6.42. The van der Waals surface area contributed by atoms with Gasteiger partial charge < -0.3 is 19.4 Å². The third-order valence-electron chi connectivity index (χ3n) is 5.49. The van der Waals surface area contributed by atoms with Crippen molar-refractivity contribution in [3.05, 3.63) is 64.7 Å². The van der Waals surface area contributed by atoms with Crippen molar-refractivity contribution in [2.45, 2.75) is 6.54 Å². The lowest BCUT2D eigenvalue weighted by Gasteiger charge is -2.34. The van der Waals surface area contributed by atoms with Gasteiger partial charge in [-0.15, -0.1) is 0 Å². The number of ether oxygens (including phenoxy) is 1. The van der Waals surface area contributed by atoms with Gasteiger partial charge in [0.25, 0.3) is 5.91 Å². The quantitative estimate of drug-likeness (QED) is 0.691. The van der Waals surface area contributed by atoms with Gasteiger partial charge in [0.2, 0.25) is 5.91 Å². The highest BCUT2D eigenvalue weighted by atomic mass is 35.5. The van der Waals surface area contributed by atoms with Crippen LogP contribution in [0.15, 0.2) is 53.5 Å². The minimum absolute atomic E-state index is 0.0601. The molecular weight excluding hydrogens is 416 g/mol. The molecule has 2 aromatic rings. The van der Waals surface area contributed by atoms with Gasteiger partial charge in [0.05, 0.1) is 13.1 Å². The number of rotatable bonds is 6. The van der Waals surface area contributed by atoms with E-state index >= 15 is 0 Å². The maximum absolute atomic E-state index is 12.6. The Balaban J connectivity index is 1.27. The summed E-state index contributed by atoms with van der Waals surface area (Å²) in [7, 11) is 2.04. The van der Waals surface area contributed by atoms with Crippen LogP contribution in [-0.2, 0) is 16.1 Å². The maximum Gasteiger partial charge on any atom is 0.261 e. The van der Waals surface area contributed by atoms with E-state index in [1.807, 2.05) is 31.3 Å². The molecule has 0 aromatic heterocycles. The standard InChI is InChI=1S/C23H25ClN4O3/c1-26-11-10-25-23(26)18-4-2-17(3-5-18)14-27-12-13-28(15-21(27)29)22(30)16-31-20-8-6-19(24)7-9-20/h2-9H,10-16H2,1H3. The van der Waals surface area contributed by atoms with Crippen LogP contribution in [0.3, 0.4) is 0 Å². The molecule has 0 spiro atoms. The zero-order valence-electron chi connectivity index (χ0n) is 17.5. The van der Waals surface area contributed by atoms with E-state index in [1.54, 1.807) is 34.1 Å². The van der Waals surface area contributed by atoms with Crippen LogP contribution in [0.1, 0.15) is 11.1 Å².